The molecule has 0 aliphatic heterocycles. The number of nitrogens with one attached hydrogen (secondary N) is 1. The minimum Gasteiger partial charge on any atom is -0.550 e. The summed E-state index contributed by atoms with van der Waals surface area (Å²) < 4.78 is 0.528. The molecule has 1 atom stereocenters. The number of carbonyl (C=O) groups is 3. The number of hydrogen-bond donors (Lipinski definition) is 1. The highest BCUT2D eigenvalue weighted by atomic mass is 79.9. The van der Waals surface area contributed by atoms with Gasteiger partial charge in [-0.2, -0.15) is 0 Å². The number of carboxylic acid groups (broad SMARTS) is 2. The van der Waals surface area contributed by atoms with Crippen molar-refractivity contribution in [1.29, 1.82) is 0 Å². The van der Waals surface area contributed by atoms with Crippen molar-refractivity contribution < 1.29 is 24.6 Å². The van der Waals surface area contributed by atoms with Gasteiger partial charge in [-0.1, -0.05) is 0 Å². The lowest BCUT2D eigenvalue weighted by Gasteiger charge is -2.19. The van der Waals surface area contributed by atoms with Crippen LogP contribution < -0.4 is 15.5 Å². The number of nitrogens with zero attached hydrogens (tertiary/aromatic N) is 1. The van der Waals surface area contributed by atoms with E-state index in [9.17, 15) is 24.6 Å². The summed E-state index contributed by atoms with van der Waals surface area (Å²) in [4.78, 5) is 36.3. The number of hydrogen-bond acceptors (Lipinski definition) is 6. The highest BCUT2D eigenvalue weighted by molar-refractivity contribution is 9.10. The summed E-state index contributed by atoms with van der Waals surface area (Å²) in [7, 11) is 0. The van der Waals surface area contributed by atoms with E-state index in [-0.39, 0.29) is 5.56 Å². The van der Waals surface area contributed by atoms with Gasteiger partial charge in [0.1, 0.15) is 0 Å². The van der Waals surface area contributed by atoms with E-state index in [1.54, 1.807) is 0 Å². The van der Waals surface area contributed by atoms with Crippen LogP contribution in [0.1, 0.15) is 16.8 Å². The van der Waals surface area contributed by atoms with Crippen LogP contribution in [0.15, 0.2) is 22.9 Å². The molecule has 0 saturated carbocycles. The minimum absolute atomic E-state index is 0.0916. The zero-order chi connectivity index (χ0) is 13.7. The Labute approximate surface area is 110 Å². The third-order valence-corrected chi connectivity index (χ3v) is 2.36. The highest BCUT2D eigenvalue weighted by Gasteiger charge is 2.15. The van der Waals surface area contributed by atoms with E-state index in [0.717, 1.165) is 0 Å². The number of pyridine rings is 1. The number of carboxylic acids is 2. The van der Waals surface area contributed by atoms with Crippen LogP contribution in [-0.2, 0) is 9.59 Å². The molecule has 1 heterocycles. The molecule has 0 fully saturated rings. The number of carbonyl (C=O) groups excluding carboxylic acids is 3. The van der Waals surface area contributed by atoms with E-state index >= 15 is 0 Å². The van der Waals surface area contributed by atoms with E-state index in [0.29, 0.717) is 4.47 Å². The van der Waals surface area contributed by atoms with Gasteiger partial charge in [-0.3, -0.25) is 9.78 Å². The summed E-state index contributed by atoms with van der Waals surface area (Å²) in [5.74, 6) is -4.06. The molecule has 0 aliphatic rings. The summed E-state index contributed by atoms with van der Waals surface area (Å²) in [6, 6.07) is -0.241. The summed E-state index contributed by atoms with van der Waals surface area (Å²) in [5.41, 5.74) is 0.0916. The van der Waals surface area contributed by atoms with Crippen molar-refractivity contribution in [3.8, 4) is 0 Å². The lowest BCUT2D eigenvalue weighted by atomic mass is 10.2. The molecule has 1 aromatic rings. The van der Waals surface area contributed by atoms with Crippen LogP contribution in [0.3, 0.4) is 0 Å². The molecule has 0 unspecified atom stereocenters. The first-order valence-corrected chi connectivity index (χ1v) is 5.51. The Kier molecular flexibility index (Phi) is 4.78. The van der Waals surface area contributed by atoms with Crippen molar-refractivity contribution in [2.24, 2.45) is 0 Å². The molecule has 1 amide bonds. The second-order valence-corrected chi connectivity index (χ2v) is 4.23. The SMILES string of the molecule is O=C([O-])C[C@H](NC(=O)c1cncc(Br)c1)C(=O)[O-]. The average molecular weight is 315 g/mol. The van der Waals surface area contributed by atoms with Gasteiger partial charge in [0.2, 0.25) is 0 Å². The maximum Gasteiger partial charge on any atom is 0.253 e. The third kappa shape index (κ3) is 4.13. The Hall–Kier alpha value is -1.96. The molecule has 1 rings (SSSR count). The lowest BCUT2D eigenvalue weighted by Crippen LogP contribution is -2.50. The zero-order valence-corrected chi connectivity index (χ0v) is 10.5. The highest BCUT2D eigenvalue weighted by Crippen LogP contribution is 2.09. The fourth-order valence-corrected chi connectivity index (χ4v) is 1.50. The summed E-state index contributed by atoms with van der Waals surface area (Å²) in [6.07, 6.45) is 1.79. The van der Waals surface area contributed by atoms with Gasteiger partial charge in [-0.15, -0.1) is 0 Å². The third-order valence-electron chi connectivity index (χ3n) is 1.93. The van der Waals surface area contributed by atoms with E-state index in [4.69, 9.17) is 0 Å². The maximum atomic E-state index is 11.6. The smallest absolute Gasteiger partial charge is 0.253 e. The van der Waals surface area contributed by atoms with Crippen molar-refractivity contribution in [2.45, 2.75) is 12.5 Å². The van der Waals surface area contributed by atoms with Crippen molar-refractivity contribution in [1.82, 2.24) is 10.3 Å². The quantitative estimate of drug-likeness (QED) is 0.660. The molecular weight excluding hydrogens is 308 g/mol. The Morgan fingerprint density at radius 3 is 2.50 bits per heavy atom. The van der Waals surface area contributed by atoms with E-state index in [2.05, 4.69) is 20.9 Å². The Bertz CT molecular complexity index is 491. The molecule has 96 valence electrons. The Morgan fingerprint density at radius 1 is 1.33 bits per heavy atom. The summed E-state index contributed by atoms with van der Waals surface area (Å²) in [6.45, 7) is 0. The number of aromatic nitrogens is 1. The van der Waals surface area contributed by atoms with Gasteiger partial charge in [0, 0.05) is 29.3 Å². The standard InChI is InChI=1S/C10H9BrN2O5/c11-6-1-5(3-12-4-6)9(16)13-7(10(17)18)2-8(14)15/h1,3-4,7H,2H2,(H,13,16)(H,14,15)(H,17,18)/p-2/t7-/m0/s1. The molecule has 18 heavy (non-hydrogen) atoms. The molecule has 0 aliphatic carbocycles. The topological polar surface area (TPSA) is 122 Å². The molecule has 8 heteroatoms. The Balaban J connectivity index is 2.78. The van der Waals surface area contributed by atoms with Crippen LogP contribution in [0, 0.1) is 0 Å². The molecule has 0 saturated heterocycles. The first-order chi connectivity index (χ1) is 8.40. The second-order valence-electron chi connectivity index (χ2n) is 3.31. The van der Waals surface area contributed by atoms with E-state index < -0.39 is 30.3 Å². The first-order valence-electron chi connectivity index (χ1n) is 4.72. The van der Waals surface area contributed by atoms with Crippen LogP contribution in [-0.4, -0.2) is 28.9 Å². The van der Waals surface area contributed by atoms with Gasteiger partial charge in [0.25, 0.3) is 5.91 Å². The number of rotatable bonds is 5. The molecule has 1 aromatic heterocycles. The second kappa shape index (κ2) is 6.10. The molecular formula is C10H7BrN2O5-2. The lowest BCUT2D eigenvalue weighted by molar-refractivity contribution is -0.317. The normalized spacial score (nSPS) is 11.6. The average Bonchev–Trinajstić information content (AvgIpc) is 2.27. The number of aliphatic carboxylic acids is 2. The van der Waals surface area contributed by atoms with Crippen molar-refractivity contribution in [3.63, 3.8) is 0 Å². The van der Waals surface area contributed by atoms with Gasteiger partial charge < -0.3 is 25.1 Å². The van der Waals surface area contributed by atoms with Crippen LogP contribution in [0.25, 0.3) is 0 Å². The molecule has 0 aromatic carbocycles. The molecule has 1 N–H and O–H groups in total. The maximum absolute atomic E-state index is 11.6. The fraction of sp³-hybridized carbons (Fsp3) is 0.200. The molecule has 0 radical (unpaired) electrons. The fourth-order valence-electron chi connectivity index (χ4n) is 1.14. The minimum atomic E-state index is -1.70. The van der Waals surface area contributed by atoms with Crippen LogP contribution >= 0.6 is 15.9 Å². The van der Waals surface area contributed by atoms with Gasteiger partial charge in [0.15, 0.2) is 0 Å². The van der Waals surface area contributed by atoms with Gasteiger partial charge in [-0.25, -0.2) is 0 Å². The number of halogens is 1. The van der Waals surface area contributed by atoms with Crippen LogP contribution in [0.4, 0.5) is 0 Å². The van der Waals surface area contributed by atoms with Crippen molar-refractivity contribution in [2.75, 3.05) is 0 Å². The van der Waals surface area contributed by atoms with E-state index in [1.807, 2.05) is 5.32 Å². The van der Waals surface area contributed by atoms with Crippen LogP contribution in [0.2, 0.25) is 0 Å². The summed E-state index contributed by atoms with van der Waals surface area (Å²) in [5, 5.41) is 22.9. The van der Waals surface area contributed by atoms with Crippen LogP contribution in [0.5, 0.6) is 0 Å². The molecule has 0 spiro atoms. The predicted molar refractivity (Wildman–Crippen MR) is 57.8 cm³/mol. The van der Waals surface area contributed by atoms with Gasteiger partial charge in [0.05, 0.1) is 17.6 Å². The van der Waals surface area contributed by atoms with Crippen molar-refractivity contribution >= 4 is 33.8 Å². The monoisotopic (exact) mass is 314 g/mol. The number of amides is 1. The van der Waals surface area contributed by atoms with Gasteiger partial charge >= 0.3 is 0 Å². The predicted octanol–water partition coefficient (Wildman–Crippen LogP) is -2.17. The van der Waals surface area contributed by atoms with Crippen molar-refractivity contribution in [3.05, 3.63) is 28.5 Å². The Morgan fingerprint density at radius 2 is 2.00 bits per heavy atom. The summed E-state index contributed by atoms with van der Waals surface area (Å²) >= 11 is 3.09. The molecule has 0 bridgehead atoms. The largest absolute Gasteiger partial charge is 0.550 e. The van der Waals surface area contributed by atoms with E-state index in [1.165, 1.54) is 18.5 Å². The molecule has 7 nitrogen and oxygen atoms in total. The van der Waals surface area contributed by atoms with Gasteiger partial charge in [-0.05, 0) is 22.0 Å². The zero-order valence-electron chi connectivity index (χ0n) is 8.88. The first kappa shape index (κ1) is 14.1.